The first kappa shape index (κ1) is 19.5. The largest absolute Gasteiger partial charge is 0.340 e. The zero-order chi connectivity index (χ0) is 19.1. The molecule has 3 rings (SSSR count). The summed E-state index contributed by atoms with van der Waals surface area (Å²) < 4.78 is 0. The molecule has 2 atom stereocenters. The van der Waals surface area contributed by atoms with Gasteiger partial charge in [0.2, 0.25) is 5.91 Å². The lowest BCUT2D eigenvalue weighted by atomic mass is 9.79. The predicted molar refractivity (Wildman–Crippen MR) is 103 cm³/mol. The van der Waals surface area contributed by atoms with E-state index >= 15 is 0 Å². The molecule has 2 aliphatic rings. The molecule has 2 unspecified atom stereocenters. The number of likely N-dealkylation sites (tertiary alicyclic amines) is 2. The van der Waals surface area contributed by atoms with Crippen molar-refractivity contribution in [2.45, 2.75) is 45.2 Å². The fraction of sp³-hybridized carbons (Fsp3) is 0.579. The molecule has 2 saturated heterocycles. The standard InChI is InChI=1S/C19H25Cl2N3O2/c1-19(2)11-23(9-7-16(19)22)18(26)15-4-3-8-24(15)17(25)13-10-12(20)5-6-14(13)21/h5-6,10,15-16H,3-4,7-9,11,22H2,1-2H3. The number of carbonyl (C=O) groups is 2. The van der Waals surface area contributed by atoms with E-state index in [9.17, 15) is 9.59 Å². The van der Waals surface area contributed by atoms with Crippen LogP contribution >= 0.6 is 23.2 Å². The van der Waals surface area contributed by atoms with Crippen LogP contribution in [0.3, 0.4) is 0 Å². The van der Waals surface area contributed by atoms with Gasteiger partial charge in [-0.25, -0.2) is 0 Å². The summed E-state index contributed by atoms with van der Waals surface area (Å²) in [6.45, 7) is 5.97. The Bertz CT molecular complexity index is 723. The van der Waals surface area contributed by atoms with Crippen LogP contribution in [0.2, 0.25) is 10.0 Å². The summed E-state index contributed by atoms with van der Waals surface area (Å²) in [7, 11) is 0. The van der Waals surface area contributed by atoms with E-state index < -0.39 is 6.04 Å². The van der Waals surface area contributed by atoms with Crippen LogP contribution in [0.5, 0.6) is 0 Å². The number of amides is 2. The van der Waals surface area contributed by atoms with Crippen LogP contribution in [0.15, 0.2) is 18.2 Å². The molecule has 5 nitrogen and oxygen atoms in total. The molecule has 2 aliphatic heterocycles. The van der Waals surface area contributed by atoms with Crippen molar-refractivity contribution < 1.29 is 9.59 Å². The van der Waals surface area contributed by atoms with Gasteiger partial charge in [-0.15, -0.1) is 0 Å². The van der Waals surface area contributed by atoms with E-state index in [-0.39, 0.29) is 23.3 Å². The minimum Gasteiger partial charge on any atom is -0.340 e. The summed E-state index contributed by atoms with van der Waals surface area (Å²) >= 11 is 12.2. The highest BCUT2D eigenvalue weighted by Crippen LogP contribution is 2.31. The minimum absolute atomic E-state index is 0.00831. The van der Waals surface area contributed by atoms with E-state index in [4.69, 9.17) is 28.9 Å². The second kappa shape index (κ2) is 7.37. The van der Waals surface area contributed by atoms with Crippen LogP contribution in [0.25, 0.3) is 0 Å². The minimum atomic E-state index is -0.442. The third-order valence-electron chi connectivity index (χ3n) is 5.58. The summed E-state index contributed by atoms with van der Waals surface area (Å²) in [6.07, 6.45) is 2.25. The van der Waals surface area contributed by atoms with Gasteiger partial charge in [-0.05, 0) is 42.9 Å². The molecular weight excluding hydrogens is 373 g/mol. The van der Waals surface area contributed by atoms with Crippen molar-refractivity contribution in [2.75, 3.05) is 19.6 Å². The molecule has 0 aromatic heterocycles. The Morgan fingerprint density at radius 3 is 2.62 bits per heavy atom. The Morgan fingerprint density at radius 2 is 1.92 bits per heavy atom. The second-order valence-electron chi connectivity index (χ2n) is 7.92. The molecule has 2 heterocycles. The quantitative estimate of drug-likeness (QED) is 0.832. The first-order valence-corrected chi connectivity index (χ1v) is 9.77. The van der Waals surface area contributed by atoms with Crippen LogP contribution in [0.1, 0.15) is 43.5 Å². The fourth-order valence-corrected chi connectivity index (χ4v) is 4.23. The zero-order valence-electron chi connectivity index (χ0n) is 15.2. The number of nitrogens with two attached hydrogens (primary N) is 1. The highest BCUT2D eigenvalue weighted by atomic mass is 35.5. The molecule has 1 aromatic rings. The van der Waals surface area contributed by atoms with Crippen molar-refractivity contribution in [3.63, 3.8) is 0 Å². The first-order valence-electron chi connectivity index (χ1n) is 9.01. The SMILES string of the molecule is CC1(C)CN(C(=O)C2CCCN2C(=O)c2cc(Cl)ccc2Cl)CCC1N. The Balaban J connectivity index is 1.78. The third-order valence-corrected chi connectivity index (χ3v) is 6.15. The van der Waals surface area contributed by atoms with Crippen LogP contribution in [0, 0.1) is 5.41 Å². The Hall–Kier alpha value is -1.30. The van der Waals surface area contributed by atoms with Crippen LogP contribution < -0.4 is 5.73 Å². The van der Waals surface area contributed by atoms with Gasteiger partial charge in [0.05, 0.1) is 10.6 Å². The van der Waals surface area contributed by atoms with Crippen molar-refractivity contribution in [2.24, 2.45) is 11.1 Å². The molecule has 0 radical (unpaired) electrons. The van der Waals surface area contributed by atoms with Crippen LogP contribution in [-0.4, -0.2) is 53.3 Å². The van der Waals surface area contributed by atoms with Crippen molar-refractivity contribution in [3.05, 3.63) is 33.8 Å². The summed E-state index contributed by atoms with van der Waals surface area (Å²) in [6, 6.07) is 4.46. The lowest BCUT2D eigenvalue weighted by Gasteiger charge is -2.44. The maximum atomic E-state index is 13.1. The number of piperidine rings is 1. The van der Waals surface area contributed by atoms with Crippen LogP contribution in [-0.2, 0) is 4.79 Å². The van der Waals surface area contributed by atoms with Gasteiger partial charge in [-0.3, -0.25) is 9.59 Å². The highest BCUT2D eigenvalue weighted by Gasteiger charge is 2.41. The molecule has 0 saturated carbocycles. The van der Waals surface area contributed by atoms with E-state index in [1.165, 1.54) is 0 Å². The highest BCUT2D eigenvalue weighted by molar-refractivity contribution is 6.35. The third kappa shape index (κ3) is 3.71. The smallest absolute Gasteiger partial charge is 0.256 e. The average molecular weight is 398 g/mol. The number of halogens is 2. The normalized spacial score (nSPS) is 25.4. The van der Waals surface area contributed by atoms with E-state index in [0.717, 1.165) is 12.8 Å². The van der Waals surface area contributed by atoms with E-state index in [2.05, 4.69) is 13.8 Å². The van der Waals surface area contributed by atoms with Gasteiger partial charge in [-0.1, -0.05) is 37.0 Å². The second-order valence-corrected chi connectivity index (χ2v) is 8.77. The van der Waals surface area contributed by atoms with E-state index in [1.54, 1.807) is 23.1 Å². The van der Waals surface area contributed by atoms with Gasteiger partial charge in [-0.2, -0.15) is 0 Å². The summed E-state index contributed by atoms with van der Waals surface area (Å²) in [5.74, 6) is -0.227. The molecular formula is C19H25Cl2N3O2. The number of carbonyl (C=O) groups excluding carboxylic acids is 2. The van der Waals surface area contributed by atoms with Gasteiger partial charge in [0.15, 0.2) is 0 Å². The Labute approximate surface area is 164 Å². The Kier molecular flexibility index (Phi) is 5.52. The predicted octanol–water partition coefficient (Wildman–Crippen LogP) is 3.18. The van der Waals surface area contributed by atoms with Gasteiger partial charge in [0, 0.05) is 30.7 Å². The maximum absolute atomic E-state index is 13.1. The molecule has 1 aromatic carbocycles. The molecule has 2 fully saturated rings. The molecule has 7 heteroatoms. The van der Waals surface area contributed by atoms with Crippen molar-refractivity contribution >= 4 is 35.0 Å². The van der Waals surface area contributed by atoms with Crippen LogP contribution in [0.4, 0.5) is 0 Å². The molecule has 142 valence electrons. The Morgan fingerprint density at radius 1 is 1.19 bits per heavy atom. The van der Waals surface area contributed by atoms with Gasteiger partial charge in [0.1, 0.15) is 6.04 Å². The maximum Gasteiger partial charge on any atom is 0.256 e. The number of nitrogens with zero attached hydrogens (tertiary/aromatic N) is 2. The fourth-order valence-electron chi connectivity index (χ4n) is 3.86. The van der Waals surface area contributed by atoms with Gasteiger partial charge in [0.25, 0.3) is 5.91 Å². The summed E-state index contributed by atoms with van der Waals surface area (Å²) in [4.78, 5) is 29.6. The zero-order valence-corrected chi connectivity index (χ0v) is 16.7. The summed E-state index contributed by atoms with van der Waals surface area (Å²) in [5, 5.41) is 0.800. The van der Waals surface area contributed by atoms with Crippen molar-refractivity contribution in [1.29, 1.82) is 0 Å². The molecule has 2 N–H and O–H groups in total. The first-order chi connectivity index (χ1) is 12.2. The monoisotopic (exact) mass is 397 g/mol. The average Bonchev–Trinajstić information content (AvgIpc) is 3.07. The summed E-state index contributed by atoms with van der Waals surface area (Å²) in [5.41, 5.74) is 6.40. The number of benzene rings is 1. The number of hydrogen-bond acceptors (Lipinski definition) is 3. The van der Waals surface area contributed by atoms with Crippen molar-refractivity contribution in [1.82, 2.24) is 9.80 Å². The molecule has 0 aliphatic carbocycles. The van der Waals surface area contributed by atoms with Gasteiger partial charge >= 0.3 is 0 Å². The van der Waals surface area contributed by atoms with Gasteiger partial charge < -0.3 is 15.5 Å². The number of hydrogen-bond donors (Lipinski definition) is 1. The lowest BCUT2D eigenvalue weighted by Crippen LogP contribution is -2.57. The van der Waals surface area contributed by atoms with E-state index in [1.807, 2.05) is 4.90 Å². The molecule has 0 bridgehead atoms. The van der Waals surface area contributed by atoms with E-state index in [0.29, 0.717) is 41.7 Å². The topological polar surface area (TPSA) is 66.6 Å². The molecule has 2 amide bonds. The van der Waals surface area contributed by atoms with Crippen molar-refractivity contribution in [3.8, 4) is 0 Å². The number of rotatable bonds is 2. The molecule has 26 heavy (non-hydrogen) atoms. The molecule has 0 spiro atoms. The lowest BCUT2D eigenvalue weighted by molar-refractivity contribution is -0.138.